The van der Waals surface area contributed by atoms with Crippen LogP contribution in [0.15, 0.2) is 54.6 Å². The number of hydrogen-bond donors (Lipinski definition) is 1. The minimum absolute atomic E-state index is 0.0228. The Hall–Kier alpha value is -3.41. The highest BCUT2D eigenvalue weighted by molar-refractivity contribution is 5.97. The van der Waals surface area contributed by atoms with E-state index < -0.39 is 0 Å². The van der Waals surface area contributed by atoms with Crippen molar-refractivity contribution in [2.24, 2.45) is 0 Å². The van der Waals surface area contributed by atoms with Crippen molar-refractivity contribution in [3.8, 4) is 0 Å². The Balaban J connectivity index is 1.30. The summed E-state index contributed by atoms with van der Waals surface area (Å²) in [5.74, 6) is 0.0813. The molecule has 3 heterocycles. The van der Waals surface area contributed by atoms with Crippen molar-refractivity contribution >= 4 is 11.9 Å². The molecule has 5 rings (SSSR count). The van der Waals surface area contributed by atoms with E-state index in [2.05, 4.69) is 16.3 Å². The SMILES string of the molecule is Cc1cc(C2CCN(C(=O)c3ccc4c(c3)CC(c3ccccc3)OC4=O)CC2)n[nH]1. The average molecular weight is 415 g/mol. The van der Waals surface area contributed by atoms with E-state index in [0.29, 0.717) is 36.6 Å². The number of ether oxygens (including phenoxy) is 1. The van der Waals surface area contributed by atoms with Gasteiger partial charge in [0.05, 0.1) is 11.3 Å². The predicted molar refractivity (Wildman–Crippen MR) is 116 cm³/mol. The highest BCUT2D eigenvalue weighted by atomic mass is 16.5. The van der Waals surface area contributed by atoms with Crippen molar-refractivity contribution < 1.29 is 14.3 Å². The molecule has 0 aliphatic carbocycles. The number of likely N-dealkylation sites (tertiary alicyclic amines) is 1. The smallest absolute Gasteiger partial charge is 0.339 e. The molecule has 1 saturated heterocycles. The Labute approximate surface area is 181 Å². The Kier molecular flexibility index (Phi) is 5.06. The van der Waals surface area contributed by atoms with Gasteiger partial charge in [-0.25, -0.2) is 4.79 Å². The summed E-state index contributed by atoms with van der Waals surface area (Å²) in [6.45, 7) is 3.42. The summed E-state index contributed by atoms with van der Waals surface area (Å²) in [5.41, 5.74) is 5.18. The first-order valence-electron chi connectivity index (χ1n) is 10.8. The molecule has 158 valence electrons. The lowest BCUT2D eigenvalue weighted by molar-refractivity contribution is 0.0252. The van der Waals surface area contributed by atoms with E-state index in [1.54, 1.807) is 12.1 Å². The third-order valence-corrected chi connectivity index (χ3v) is 6.32. The molecule has 6 heteroatoms. The van der Waals surface area contributed by atoms with E-state index in [1.165, 1.54) is 0 Å². The fraction of sp³-hybridized carbons (Fsp3) is 0.320. The summed E-state index contributed by atoms with van der Waals surface area (Å²) in [5, 5.41) is 7.39. The van der Waals surface area contributed by atoms with Crippen molar-refractivity contribution in [1.29, 1.82) is 0 Å². The lowest BCUT2D eigenvalue weighted by Crippen LogP contribution is -2.38. The van der Waals surface area contributed by atoms with Crippen LogP contribution in [0, 0.1) is 6.92 Å². The van der Waals surface area contributed by atoms with E-state index >= 15 is 0 Å². The molecule has 1 unspecified atom stereocenters. The number of aryl methyl sites for hydroxylation is 1. The van der Waals surface area contributed by atoms with Crippen LogP contribution in [-0.2, 0) is 11.2 Å². The summed E-state index contributed by atoms with van der Waals surface area (Å²) < 4.78 is 5.63. The van der Waals surface area contributed by atoms with Gasteiger partial charge in [0.25, 0.3) is 5.91 Å². The molecule has 2 aliphatic heterocycles. The second kappa shape index (κ2) is 8.02. The molecule has 0 saturated carbocycles. The highest BCUT2D eigenvalue weighted by Crippen LogP contribution is 2.32. The van der Waals surface area contributed by atoms with Crippen LogP contribution < -0.4 is 0 Å². The summed E-state index contributed by atoms with van der Waals surface area (Å²) in [4.78, 5) is 27.6. The van der Waals surface area contributed by atoms with Gasteiger partial charge in [-0.2, -0.15) is 5.10 Å². The second-order valence-corrected chi connectivity index (χ2v) is 8.42. The largest absolute Gasteiger partial charge is 0.454 e. The molecule has 3 aromatic rings. The Morgan fingerprint density at radius 2 is 1.87 bits per heavy atom. The van der Waals surface area contributed by atoms with E-state index in [4.69, 9.17) is 4.74 Å². The van der Waals surface area contributed by atoms with Gasteiger partial charge in [0.15, 0.2) is 0 Å². The topological polar surface area (TPSA) is 75.3 Å². The van der Waals surface area contributed by atoms with Crippen molar-refractivity contribution in [3.05, 3.63) is 88.2 Å². The molecule has 6 nitrogen and oxygen atoms in total. The summed E-state index contributed by atoms with van der Waals surface area (Å²) in [7, 11) is 0. The number of amides is 1. The summed E-state index contributed by atoms with van der Waals surface area (Å²) in [6.07, 6.45) is 2.07. The molecule has 1 N–H and O–H groups in total. The molecule has 2 aliphatic rings. The normalized spacial score (nSPS) is 19.1. The van der Waals surface area contributed by atoms with Gasteiger partial charge in [-0.15, -0.1) is 0 Å². The van der Waals surface area contributed by atoms with Crippen molar-refractivity contribution in [1.82, 2.24) is 15.1 Å². The van der Waals surface area contributed by atoms with Gasteiger partial charge in [0.2, 0.25) is 0 Å². The first-order chi connectivity index (χ1) is 15.1. The Morgan fingerprint density at radius 1 is 1.10 bits per heavy atom. The third kappa shape index (κ3) is 3.85. The van der Waals surface area contributed by atoms with Gasteiger partial charge in [-0.05, 0) is 55.2 Å². The minimum Gasteiger partial charge on any atom is -0.454 e. The van der Waals surface area contributed by atoms with Gasteiger partial charge in [-0.3, -0.25) is 9.89 Å². The fourth-order valence-corrected chi connectivity index (χ4v) is 4.59. The molecule has 1 fully saturated rings. The van der Waals surface area contributed by atoms with Crippen molar-refractivity contribution in [3.63, 3.8) is 0 Å². The zero-order valence-electron chi connectivity index (χ0n) is 17.5. The van der Waals surface area contributed by atoms with Gasteiger partial charge in [0.1, 0.15) is 6.10 Å². The van der Waals surface area contributed by atoms with Crippen molar-refractivity contribution in [2.75, 3.05) is 13.1 Å². The Bertz CT molecular complexity index is 1110. The van der Waals surface area contributed by atoms with E-state index in [-0.39, 0.29) is 18.0 Å². The molecule has 0 bridgehead atoms. The number of esters is 1. The zero-order chi connectivity index (χ0) is 21.4. The van der Waals surface area contributed by atoms with E-state index in [9.17, 15) is 9.59 Å². The maximum Gasteiger partial charge on any atom is 0.339 e. The van der Waals surface area contributed by atoms with E-state index in [0.717, 1.165) is 35.4 Å². The molecular weight excluding hydrogens is 390 g/mol. The number of aromatic nitrogens is 2. The highest BCUT2D eigenvalue weighted by Gasteiger charge is 2.30. The number of H-pyrrole nitrogens is 1. The van der Waals surface area contributed by atoms with Crippen molar-refractivity contribution in [2.45, 2.75) is 38.2 Å². The molecular formula is C25H25N3O3. The average Bonchev–Trinajstić information content (AvgIpc) is 3.25. The second-order valence-electron chi connectivity index (χ2n) is 8.42. The molecule has 0 spiro atoms. The molecule has 1 atom stereocenters. The predicted octanol–water partition coefficient (Wildman–Crippen LogP) is 4.19. The van der Waals surface area contributed by atoms with Crippen LogP contribution in [0.4, 0.5) is 0 Å². The number of carbonyl (C=O) groups is 2. The molecule has 0 radical (unpaired) electrons. The lowest BCUT2D eigenvalue weighted by atomic mass is 9.91. The van der Waals surface area contributed by atoms with Gasteiger partial charge < -0.3 is 9.64 Å². The number of benzene rings is 2. The number of nitrogens with one attached hydrogen (secondary N) is 1. The van der Waals surface area contributed by atoms with Crippen LogP contribution in [0.25, 0.3) is 0 Å². The first kappa shape index (κ1) is 19.5. The Morgan fingerprint density at radius 3 is 2.58 bits per heavy atom. The number of piperidine rings is 1. The van der Waals surface area contributed by atoms with Crippen LogP contribution >= 0.6 is 0 Å². The van der Waals surface area contributed by atoms with Gasteiger partial charge >= 0.3 is 5.97 Å². The van der Waals surface area contributed by atoms with Crippen LogP contribution in [0.1, 0.15) is 68.1 Å². The number of nitrogens with zero attached hydrogens (tertiary/aromatic N) is 2. The van der Waals surface area contributed by atoms with E-state index in [1.807, 2.05) is 48.2 Å². The number of cyclic esters (lactones) is 1. The molecule has 1 aromatic heterocycles. The number of rotatable bonds is 3. The third-order valence-electron chi connectivity index (χ3n) is 6.32. The zero-order valence-corrected chi connectivity index (χ0v) is 17.5. The standard InChI is InChI=1S/C25H25N3O3/c1-16-13-22(27-26-16)17-9-11-28(12-10-17)24(29)19-7-8-21-20(14-19)15-23(31-25(21)30)18-5-3-2-4-6-18/h2-8,13-14,17,23H,9-12,15H2,1H3,(H,26,27). The van der Waals surface area contributed by atoms with Gasteiger partial charge in [-0.1, -0.05) is 30.3 Å². The molecule has 1 amide bonds. The number of fused-ring (bicyclic) bond motifs is 1. The fourth-order valence-electron chi connectivity index (χ4n) is 4.59. The summed E-state index contributed by atoms with van der Waals surface area (Å²) >= 11 is 0. The minimum atomic E-state index is -0.329. The number of carbonyl (C=O) groups excluding carboxylic acids is 2. The number of aromatic amines is 1. The van der Waals surface area contributed by atoms with Crippen LogP contribution in [0.3, 0.4) is 0 Å². The lowest BCUT2D eigenvalue weighted by Gasteiger charge is -2.32. The monoisotopic (exact) mass is 415 g/mol. The molecule has 31 heavy (non-hydrogen) atoms. The maximum atomic E-state index is 13.2. The van der Waals surface area contributed by atoms with Crippen LogP contribution in [-0.4, -0.2) is 40.1 Å². The summed E-state index contributed by atoms with van der Waals surface area (Å²) in [6, 6.07) is 17.2. The first-order valence-corrected chi connectivity index (χ1v) is 10.8. The van der Waals surface area contributed by atoms with Gasteiger partial charge in [0, 0.05) is 36.7 Å². The quantitative estimate of drug-likeness (QED) is 0.651. The van der Waals surface area contributed by atoms with Crippen LogP contribution in [0.5, 0.6) is 0 Å². The molecule has 2 aromatic carbocycles. The number of hydrogen-bond acceptors (Lipinski definition) is 4. The maximum absolute atomic E-state index is 13.2. The van der Waals surface area contributed by atoms with Crippen LogP contribution in [0.2, 0.25) is 0 Å².